The Balaban J connectivity index is 2.73. The van der Waals surface area contributed by atoms with E-state index in [4.69, 9.17) is 0 Å². The molecule has 16 heavy (non-hydrogen) atoms. The van der Waals surface area contributed by atoms with Gasteiger partial charge in [0.25, 0.3) is 0 Å². The minimum absolute atomic E-state index is 0.115. The van der Waals surface area contributed by atoms with Gasteiger partial charge in [0, 0.05) is 18.2 Å². The Bertz CT molecular complexity index is 358. The first-order chi connectivity index (χ1) is 7.29. The molecular formula is C12H19NO3. The summed E-state index contributed by atoms with van der Waals surface area (Å²) in [4.78, 5) is 0. The average molecular weight is 225 g/mol. The number of phenols is 2. The number of benzene rings is 1. The van der Waals surface area contributed by atoms with Crippen molar-refractivity contribution in [3.8, 4) is 11.5 Å². The highest BCUT2D eigenvalue weighted by Gasteiger charge is 2.16. The highest BCUT2D eigenvalue weighted by atomic mass is 16.3. The van der Waals surface area contributed by atoms with Gasteiger partial charge in [0.1, 0.15) is 11.5 Å². The van der Waals surface area contributed by atoms with Crippen molar-refractivity contribution in [1.29, 1.82) is 0 Å². The topological polar surface area (TPSA) is 72.7 Å². The van der Waals surface area contributed by atoms with E-state index in [1.807, 2.05) is 6.92 Å². The van der Waals surface area contributed by atoms with Crippen LogP contribution in [0, 0.1) is 0 Å². The Labute approximate surface area is 95.6 Å². The molecule has 1 unspecified atom stereocenters. The number of aromatic hydroxyl groups is 2. The molecule has 0 saturated carbocycles. The third kappa shape index (κ3) is 3.72. The summed E-state index contributed by atoms with van der Waals surface area (Å²) in [5, 5.41) is 31.6. The second-order valence-electron chi connectivity index (χ2n) is 4.66. The van der Waals surface area contributed by atoms with Crippen LogP contribution in [-0.2, 0) is 0 Å². The van der Waals surface area contributed by atoms with Crippen molar-refractivity contribution in [1.82, 2.24) is 5.32 Å². The van der Waals surface area contributed by atoms with E-state index in [0.717, 1.165) is 0 Å². The first-order valence-electron chi connectivity index (χ1n) is 5.27. The Kier molecular flexibility index (Phi) is 3.78. The van der Waals surface area contributed by atoms with Crippen LogP contribution in [0.25, 0.3) is 0 Å². The molecule has 0 aliphatic heterocycles. The molecule has 0 saturated heterocycles. The lowest BCUT2D eigenvalue weighted by atomic mass is 10.0. The van der Waals surface area contributed by atoms with Crippen LogP contribution in [0.4, 0.5) is 0 Å². The molecule has 0 fully saturated rings. The molecule has 0 bridgehead atoms. The minimum Gasteiger partial charge on any atom is -0.508 e. The lowest BCUT2D eigenvalue weighted by Crippen LogP contribution is -2.36. The summed E-state index contributed by atoms with van der Waals surface area (Å²) in [5.41, 5.74) is -0.190. The van der Waals surface area contributed by atoms with Gasteiger partial charge in [-0.2, -0.15) is 0 Å². The minimum atomic E-state index is -0.805. The monoisotopic (exact) mass is 225 g/mol. The fourth-order valence-electron chi connectivity index (χ4n) is 1.40. The lowest BCUT2D eigenvalue weighted by Gasteiger charge is -2.22. The quantitative estimate of drug-likeness (QED) is 0.586. The fourth-order valence-corrected chi connectivity index (χ4v) is 1.40. The zero-order chi connectivity index (χ0) is 12.3. The van der Waals surface area contributed by atoms with Crippen molar-refractivity contribution in [3.63, 3.8) is 0 Å². The van der Waals surface area contributed by atoms with Gasteiger partial charge in [-0.1, -0.05) is 0 Å². The number of nitrogens with one attached hydrogen (secondary N) is 1. The zero-order valence-electron chi connectivity index (χ0n) is 9.86. The van der Waals surface area contributed by atoms with E-state index < -0.39 is 5.60 Å². The average Bonchev–Trinajstić information content (AvgIpc) is 2.17. The summed E-state index contributed by atoms with van der Waals surface area (Å²) in [6.45, 7) is 5.67. The van der Waals surface area contributed by atoms with Crippen LogP contribution in [0.1, 0.15) is 32.4 Å². The van der Waals surface area contributed by atoms with E-state index in [2.05, 4.69) is 5.32 Å². The van der Waals surface area contributed by atoms with E-state index in [0.29, 0.717) is 12.1 Å². The molecule has 90 valence electrons. The SMILES string of the molecule is CC(NCC(C)(C)O)c1cc(O)ccc1O. The van der Waals surface area contributed by atoms with Gasteiger partial charge in [-0.15, -0.1) is 0 Å². The van der Waals surface area contributed by atoms with Gasteiger partial charge >= 0.3 is 0 Å². The van der Waals surface area contributed by atoms with Crippen molar-refractivity contribution in [2.24, 2.45) is 0 Å². The Morgan fingerprint density at radius 2 is 1.94 bits per heavy atom. The van der Waals surface area contributed by atoms with Crippen molar-refractivity contribution in [3.05, 3.63) is 23.8 Å². The third-order valence-electron chi connectivity index (χ3n) is 2.32. The first-order valence-corrected chi connectivity index (χ1v) is 5.27. The predicted octanol–water partition coefficient (Wildman–Crippen LogP) is 1.52. The van der Waals surface area contributed by atoms with Gasteiger partial charge < -0.3 is 20.6 Å². The van der Waals surface area contributed by atoms with Gasteiger partial charge in [0.15, 0.2) is 0 Å². The molecule has 4 N–H and O–H groups in total. The summed E-state index contributed by atoms with van der Waals surface area (Å²) >= 11 is 0. The molecule has 4 nitrogen and oxygen atoms in total. The van der Waals surface area contributed by atoms with Crippen LogP contribution >= 0.6 is 0 Å². The van der Waals surface area contributed by atoms with Crippen LogP contribution < -0.4 is 5.32 Å². The highest BCUT2D eigenvalue weighted by Crippen LogP contribution is 2.27. The van der Waals surface area contributed by atoms with E-state index >= 15 is 0 Å². The van der Waals surface area contributed by atoms with Crippen LogP contribution in [0.2, 0.25) is 0 Å². The van der Waals surface area contributed by atoms with Crippen LogP contribution in [0.15, 0.2) is 18.2 Å². The van der Waals surface area contributed by atoms with Crippen LogP contribution in [0.5, 0.6) is 11.5 Å². The summed E-state index contributed by atoms with van der Waals surface area (Å²) in [6, 6.07) is 4.25. The molecule has 0 radical (unpaired) electrons. The number of hydrogen-bond acceptors (Lipinski definition) is 4. The summed E-state index contributed by atoms with van der Waals surface area (Å²) in [6.07, 6.45) is 0. The second kappa shape index (κ2) is 4.72. The van der Waals surface area contributed by atoms with E-state index in [1.165, 1.54) is 18.2 Å². The summed E-state index contributed by atoms with van der Waals surface area (Å²) in [5.74, 6) is 0.248. The Morgan fingerprint density at radius 3 is 2.50 bits per heavy atom. The number of phenolic OH excluding ortho intramolecular Hbond substituents is 2. The van der Waals surface area contributed by atoms with Crippen LogP contribution in [-0.4, -0.2) is 27.5 Å². The second-order valence-corrected chi connectivity index (χ2v) is 4.66. The molecule has 1 rings (SSSR count). The van der Waals surface area contributed by atoms with Gasteiger partial charge in [0.2, 0.25) is 0 Å². The first kappa shape index (κ1) is 12.8. The lowest BCUT2D eigenvalue weighted by molar-refractivity contribution is 0.0769. The van der Waals surface area contributed by atoms with Crippen molar-refractivity contribution in [2.75, 3.05) is 6.54 Å². The molecule has 0 aliphatic rings. The Hall–Kier alpha value is -1.26. The number of rotatable bonds is 4. The van der Waals surface area contributed by atoms with Crippen LogP contribution in [0.3, 0.4) is 0 Å². The molecule has 1 atom stereocenters. The van der Waals surface area contributed by atoms with Gasteiger partial charge in [-0.05, 0) is 39.0 Å². The molecule has 0 aliphatic carbocycles. The molecule has 1 aromatic rings. The molecule has 0 spiro atoms. The number of aliphatic hydroxyl groups is 1. The van der Waals surface area contributed by atoms with Crippen molar-refractivity contribution in [2.45, 2.75) is 32.4 Å². The van der Waals surface area contributed by atoms with Crippen molar-refractivity contribution >= 4 is 0 Å². The molecule has 0 aromatic heterocycles. The summed E-state index contributed by atoms with van der Waals surface area (Å²) in [7, 11) is 0. The molecular weight excluding hydrogens is 206 g/mol. The molecule has 0 amide bonds. The molecule has 0 heterocycles. The normalized spacial score (nSPS) is 13.8. The fraction of sp³-hybridized carbons (Fsp3) is 0.500. The molecule has 1 aromatic carbocycles. The van der Waals surface area contributed by atoms with E-state index in [-0.39, 0.29) is 17.5 Å². The van der Waals surface area contributed by atoms with Crippen molar-refractivity contribution < 1.29 is 15.3 Å². The van der Waals surface area contributed by atoms with Gasteiger partial charge in [0.05, 0.1) is 5.60 Å². The van der Waals surface area contributed by atoms with Gasteiger partial charge in [-0.25, -0.2) is 0 Å². The Morgan fingerprint density at radius 1 is 1.31 bits per heavy atom. The highest BCUT2D eigenvalue weighted by molar-refractivity contribution is 5.40. The predicted molar refractivity (Wildman–Crippen MR) is 62.5 cm³/mol. The maximum absolute atomic E-state index is 9.62. The number of hydrogen-bond donors (Lipinski definition) is 4. The zero-order valence-corrected chi connectivity index (χ0v) is 9.86. The third-order valence-corrected chi connectivity index (χ3v) is 2.32. The smallest absolute Gasteiger partial charge is 0.120 e. The standard InChI is InChI=1S/C12H19NO3/c1-8(13-7-12(2,3)16)10-6-9(14)4-5-11(10)15/h4-6,8,13-16H,7H2,1-3H3. The maximum Gasteiger partial charge on any atom is 0.120 e. The van der Waals surface area contributed by atoms with Gasteiger partial charge in [-0.3, -0.25) is 0 Å². The molecule has 4 heteroatoms. The summed E-state index contributed by atoms with van der Waals surface area (Å²) < 4.78 is 0. The largest absolute Gasteiger partial charge is 0.508 e. The van der Waals surface area contributed by atoms with E-state index in [1.54, 1.807) is 13.8 Å². The van der Waals surface area contributed by atoms with E-state index in [9.17, 15) is 15.3 Å². The maximum atomic E-state index is 9.62.